The third-order valence-corrected chi connectivity index (χ3v) is 7.92. The van der Waals surface area contributed by atoms with Gasteiger partial charge in [-0.1, -0.05) is 33.6 Å². The van der Waals surface area contributed by atoms with Crippen LogP contribution < -0.4 is 5.32 Å². The molecule has 8 nitrogen and oxygen atoms in total. The molecule has 0 spiro atoms. The molecule has 0 aliphatic carbocycles. The van der Waals surface area contributed by atoms with Gasteiger partial charge < -0.3 is 19.9 Å². The lowest BCUT2D eigenvalue weighted by Crippen LogP contribution is -2.37. The lowest BCUT2D eigenvalue weighted by atomic mass is 9.76. The Morgan fingerprint density at radius 1 is 1.23 bits per heavy atom. The summed E-state index contributed by atoms with van der Waals surface area (Å²) in [4.78, 5) is 42.5. The van der Waals surface area contributed by atoms with E-state index in [1.54, 1.807) is 18.3 Å². The van der Waals surface area contributed by atoms with Crippen molar-refractivity contribution in [3.8, 4) is 0 Å². The second-order valence-corrected chi connectivity index (χ2v) is 11.5. The van der Waals surface area contributed by atoms with Crippen molar-refractivity contribution in [3.05, 3.63) is 21.7 Å². The summed E-state index contributed by atoms with van der Waals surface area (Å²) in [6.45, 7) is 9.20. The van der Waals surface area contributed by atoms with Gasteiger partial charge >= 0.3 is 12.1 Å². The summed E-state index contributed by atoms with van der Waals surface area (Å²) in [6.07, 6.45) is 3.09. The number of nitrogens with zero attached hydrogens (tertiary/aromatic N) is 1. The summed E-state index contributed by atoms with van der Waals surface area (Å²) >= 11 is 1.54. The first-order chi connectivity index (χ1) is 16.5. The van der Waals surface area contributed by atoms with E-state index < -0.39 is 41.7 Å². The highest BCUT2D eigenvalue weighted by atomic mass is 32.1. The summed E-state index contributed by atoms with van der Waals surface area (Å²) in [6, 6.07) is -0.207. The fourth-order valence-corrected chi connectivity index (χ4v) is 5.36. The normalized spacial score (nSPS) is 31.3. The molecule has 2 saturated heterocycles. The topological polar surface area (TPSA) is 115 Å². The molecule has 1 aromatic heterocycles. The molecule has 4 unspecified atom stereocenters. The predicted octanol–water partition coefficient (Wildman–Crippen LogP) is 4.58. The van der Waals surface area contributed by atoms with Crippen LogP contribution in [0.2, 0.25) is 0 Å². The number of aromatic nitrogens is 1. The Morgan fingerprint density at radius 3 is 2.63 bits per heavy atom. The molecule has 2 aliphatic heterocycles. The Labute approximate surface area is 211 Å². The molecular weight excluding hydrogens is 468 g/mol. The van der Waals surface area contributed by atoms with Crippen LogP contribution in [0.1, 0.15) is 83.3 Å². The van der Waals surface area contributed by atoms with Crippen LogP contribution >= 0.6 is 11.3 Å². The number of alkyl carbamates (subject to hydrolysis) is 1. The van der Waals surface area contributed by atoms with Crippen LogP contribution in [-0.4, -0.2) is 52.3 Å². The van der Waals surface area contributed by atoms with E-state index in [1.807, 2.05) is 39.2 Å². The number of nitrogens with one attached hydrogen (secondary N) is 1. The highest BCUT2D eigenvalue weighted by Crippen LogP contribution is 2.31. The fourth-order valence-electron chi connectivity index (χ4n) is 4.79. The quantitative estimate of drug-likeness (QED) is 0.564. The number of thiazole rings is 1. The molecule has 1 amide bonds. The third kappa shape index (κ3) is 7.36. The Bertz CT molecular complexity index is 955. The highest BCUT2D eigenvalue weighted by Gasteiger charge is 2.38. The Hall–Kier alpha value is -2.26. The van der Waals surface area contributed by atoms with E-state index in [4.69, 9.17) is 9.47 Å². The minimum absolute atomic E-state index is 0.0482. The van der Waals surface area contributed by atoms with Crippen LogP contribution in [-0.2, 0) is 19.1 Å². The number of aryl methyl sites for hydroxylation is 1. The van der Waals surface area contributed by atoms with Crippen molar-refractivity contribution in [2.75, 3.05) is 0 Å². The highest BCUT2D eigenvalue weighted by molar-refractivity contribution is 7.09. The van der Waals surface area contributed by atoms with Crippen LogP contribution in [0.5, 0.6) is 0 Å². The van der Waals surface area contributed by atoms with Gasteiger partial charge in [-0.05, 0) is 44.8 Å². The maximum atomic E-state index is 13.0. The molecule has 5 atom stereocenters. The van der Waals surface area contributed by atoms with Gasteiger partial charge in [0.1, 0.15) is 18.0 Å². The fraction of sp³-hybridized carbons (Fsp3) is 0.692. The molecule has 3 rings (SSSR count). The molecule has 1 aromatic rings. The number of aliphatic hydroxyl groups is 1. The molecule has 0 saturated carbocycles. The summed E-state index contributed by atoms with van der Waals surface area (Å²) < 4.78 is 11.4. The summed E-state index contributed by atoms with van der Waals surface area (Å²) in [5, 5.41) is 16.3. The zero-order valence-corrected chi connectivity index (χ0v) is 22.2. The number of amides is 1. The van der Waals surface area contributed by atoms with Gasteiger partial charge in [0.25, 0.3) is 0 Å². The number of carbonyl (C=O) groups is 3. The molecule has 194 valence electrons. The SMILES string of the molecule is C/C(=C\c1csc(C)n1)C1CC2OC(=O)NC2CCCCC(O)[C@@H](C)C(=O)C(C)(C)CCC(=O)O1. The van der Waals surface area contributed by atoms with Crippen molar-refractivity contribution in [1.29, 1.82) is 0 Å². The second kappa shape index (κ2) is 11.6. The maximum Gasteiger partial charge on any atom is 0.407 e. The van der Waals surface area contributed by atoms with E-state index >= 15 is 0 Å². The van der Waals surface area contributed by atoms with E-state index in [0.717, 1.165) is 29.1 Å². The van der Waals surface area contributed by atoms with Gasteiger partial charge in [0.2, 0.25) is 0 Å². The minimum atomic E-state index is -0.759. The number of Topliss-reactive ketones (excluding diaryl/α,β-unsaturated/α-hetero) is 1. The number of aliphatic hydroxyl groups excluding tert-OH is 1. The van der Waals surface area contributed by atoms with Crippen LogP contribution in [0.3, 0.4) is 0 Å². The van der Waals surface area contributed by atoms with E-state index in [2.05, 4.69) is 10.3 Å². The maximum absolute atomic E-state index is 13.0. The van der Waals surface area contributed by atoms with Crippen molar-refractivity contribution < 1.29 is 29.0 Å². The number of fused-ring (bicyclic) bond motifs is 1. The first-order valence-electron chi connectivity index (χ1n) is 12.5. The lowest BCUT2D eigenvalue weighted by Gasteiger charge is -2.30. The zero-order chi connectivity index (χ0) is 25.8. The number of ether oxygens (including phenoxy) is 2. The van der Waals surface area contributed by atoms with Crippen molar-refractivity contribution in [2.24, 2.45) is 11.3 Å². The van der Waals surface area contributed by atoms with E-state index in [1.165, 1.54) is 0 Å². The number of ketones is 1. The van der Waals surface area contributed by atoms with Gasteiger partial charge in [0.05, 0.1) is 22.8 Å². The van der Waals surface area contributed by atoms with E-state index in [9.17, 15) is 19.5 Å². The van der Waals surface area contributed by atoms with Crippen LogP contribution in [0.4, 0.5) is 4.79 Å². The zero-order valence-electron chi connectivity index (χ0n) is 21.3. The molecule has 2 N–H and O–H groups in total. The summed E-state index contributed by atoms with van der Waals surface area (Å²) in [5.74, 6) is -0.976. The third-order valence-electron chi connectivity index (χ3n) is 7.13. The van der Waals surface area contributed by atoms with Gasteiger partial charge in [-0.3, -0.25) is 9.59 Å². The molecule has 0 bridgehead atoms. The lowest BCUT2D eigenvalue weighted by molar-refractivity contribution is -0.149. The monoisotopic (exact) mass is 506 g/mol. The number of carbonyl (C=O) groups excluding carboxylic acids is 3. The van der Waals surface area contributed by atoms with E-state index in [0.29, 0.717) is 25.7 Å². The first-order valence-corrected chi connectivity index (χ1v) is 13.3. The molecule has 0 aromatic carbocycles. The number of esters is 1. The summed E-state index contributed by atoms with van der Waals surface area (Å²) in [5.41, 5.74) is 0.856. The number of hydrogen-bond donors (Lipinski definition) is 2. The standard InChI is InChI=1S/C26H38N2O6S/c1-15(12-18-14-35-17(3)27-18)21-13-22-19(28-25(32)34-22)8-6-7-9-20(29)16(2)24(31)26(4,5)11-10-23(30)33-21/h12,14,16,19-22,29H,6-11,13H2,1-5H3,(H,28,32)/b15-12+/t16-,19?,20?,21?,22?/m1/s1. The second-order valence-electron chi connectivity index (χ2n) is 10.5. The van der Waals surface area contributed by atoms with Gasteiger partial charge in [-0.2, -0.15) is 0 Å². The molecule has 35 heavy (non-hydrogen) atoms. The van der Waals surface area contributed by atoms with Crippen molar-refractivity contribution in [1.82, 2.24) is 10.3 Å². The summed E-state index contributed by atoms with van der Waals surface area (Å²) in [7, 11) is 0. The molecule has 2 aliphatic rings. The van der Waals surface area contributed by atoms with Crippen LogP contribution in [0.25, 0.3) is 6.08 Å². The molecule has 0 radical (unpaired) electrons. The molecule has 9 heteroatoms. The van der Waals surface area contributed by atoms with Crippen LogP contribution in [0.15, 0.2) is 11.0 Å². The molecule has 2 fully saturated rings. The Kier molecular flexibility index (Phi) is 9.10. The van der Waals surface area contributed by atoms with Crippen molar-refractivity contribution >= 4 is 35.3 Å². The Morgan fingerprint density at radius 2 is 1.94 bits per heavy atom. The van der Waals surface area contributed by atoms with Gasteiger partial charge in [-0.15, -0.1) is 11.3 Å². The van der Waals surface area contributed by atoms with Crippen molar-refractivity contribution in [2.45, 2.75) is 104 Å². The molecular formula is C26H38N2O6S. The predicted molar refractivity (Wildman–Crippen MR) is 134 cm³/mol. The minimum Gasteiger partial charge on any atom is -0.458 e. The van der Waals surface area contributed by atoms with E-state index in [-0.39, 0.29) is 18.2 Å². The number of hydrogen-bond acceptors (Lipinski definition) is 8. The van der Waals surface area contributed by atoms with Gasteiger partial charge in [-0.25, -0.2) is 9.78 Å². The number of cyclic esters (lactones) is 1. The van der Waals surface area contributed by atoms with Gasteiger partial charge in [0.15, 0.2) is 0 Å². The molecule has 3 heterocycles. The van der Waals surface area contributed by atoms with Crippen molar-refractivity contribution in [3.63, 3.8) is 0 Å². The smallest absolute Gasteiger partial charge is 0.407 e. The average molecular weight is 507 g/mol. The first kappa shape index (κ1) is 27.3. The van der Waals surface area contributed by atoms with Crippen LogP contribution in [0, 0.1) is 18.3 Å². The number of rotatable bonds is 2. The van der Waals surface area contributed by atoms with Gasteiger partial charge in [0, 0.05) is 29.6 Å². The largest absolute Gasteiger partial charge is 0.458 e. The Balaban J connectivity index is 1.84. The average Bonchev–Trinajstić information content (AvgIpc) is 3.37.